The highest BCUT2D eigenvalue weighted by atomic mass is 35.5. The maximum atomic E-state index is 9.88. The summed E-state index contributed by atoms with van der Waals surface area (Å²) in [5, 5.41) is 10.4. The second kappa shape index (κ2) is 11.3. The molecule has 0 saturated carbocycles. The number of fused-ring (bicyclic) bond motifs is 1. The number of rotatable bonds is 10. The summed E-state index contributed by atoms with van der Waals surface area (Å²) in [6.45, 7) is 6.86. The minimum Gasteiger partial charge on any atom is -0.508 e. The molecule has 0 aliphatic carbocycles. The van der Waals surface area contributed by atoms with Gasteiger partial charge >= 0.3 is 0 Å². The van der Waals surface area contributed by atoms with Crippen LogP contribution in [-0.4, -0.2) is 26.4 Å². The minimum absolute atomic E-state index is 0.0390. The van der Waals surface area contributed by atoms with Crippen molar-refractivity contribution in [2.75, 3.05) is 6.79 Å². The summed E-state index contributed by atoms with van der Waals surface area (Å²) in [6, 6.07) is 21.7. The van der Waals surface area contributed by atoms with Gasteiger partial charge in [0.15, 0.2) is 11.5 Å². The molecule has 1 aliphatic rings. The van der Waals surface area contributed by atoms with Gasteiger partial charge in [0.2, 0.25) is 6.79 Å². The van der Waals surface area contributed by atoms with Crippen molar-refractivity contribution in [2.45, 2.75) is 52.4 Å². The molecule has 3 aromatic carbocycles. The van der Waals surface area contributed by atoms with Gasteiger partial charge in [-0.3, -0.25) is 4.90 Å². The molecule has 1 aliphatic heterocycles. The lowest BCUT2D eigenvalue weighted by atomic mass is 10.1. The molecule has 192 valence electrons. The topological polar surface area (TPSA) is 59.8 Å². The van der Waals surface area contributed by atoms with Gasteiger partial charge in [0, 0.05) is 36.3 Å². The first-order chi connectivity index (χ1) is 18.0. The third-order valence-corrected chi connectivity index (χ3v) is 7.21. The zero-order valence-electron chi connectivity index (χ0n) is 21.2. The fourth-order valence-electron chi connectivity index (χ4n) is 4.77. The van der Waals surface area contributed by atoms with E-state index in [1.165, 1.54) is 0 Å². The van der Waals surface area contributed by atoms with E-state index in [1.807, 2.05) is 30.5 Å². The first-order valence-corrected chi connectivity index (χ1v) is 13.1. The van der Waals surface area contributed by atoms with Crippen molar-refractivity contribution in [3.8, 4) is 28.6 Å². The number of imidazole rings is 1. The fourth-order valence-corrected chi connectivity index (χ4v) is 5.00. The zero-order valence-corrected chi connectivity index (χ0v) is 22.0. The van der Waals surface area contributed by atoms with E-state index >= 15 is 0 Å². The number of ether oxygens (including phenoxy) is 2. The van der Waals surface area contributed by atoms with E-state index < -0.39 is 0 Å². The molecule has 0 radical (unpaired) electrons. The molecule has 0 bridgehead atoms. The number of hydrogen-bond acceptors (Lipinski definition) is 5. The first kappa shape index (κ1) is 25.2. The third-order valence-electron chi connectivity index (χ3n) is 6.86. The number of nitrogens with zero attached hydrogens (tertiary/aromatic N) is 3. The largest absolute Gasteiger partial charge is 0.508 e. The second-order valence-corrected chi connectivity index (χ2v) is 9.83. The second-order valence-electron chi connectivity index (χ2n) is 9.42. The van der Waals surface area contributed by atoms with Gasteiger partial charge in [0.1, 0.15) is 11.6 Å². The van der Waals surface area contributed by atoms with Gasteiger partial charge in [-0.25, -0.2) is 4.98 Å². The Bertz CT molecular complexity index is 1360. The van der Waals surface area contributed by atoms with E-state index in [0.29, 0.717) is 18.1 Å². The lowest BCUT2D eigenvalue weighted by Crippen LogP contribution is -2.28. The Morgan fingerprint density at radius 1 is 1.03 bits per heavy atom. The van der Waals surface area contributed by atoms with E-state index in [1.54, 1.807) is 12.1 Å². The average Bonchev–Trinajstić information content (AvgIpc) is 3.55. The fraction of sp³-hybridized carbons (Fsp3) is 0.300. The van der Waals surface area contributed by atoms with Crippen LogP contribution in [0.4, 0.5) is 0 Å². The van der Waals surface area contributed by atoms with Crippen molar-refractivity contribution >= 4 is 11.6 Å². The van der Waals surface area contributed by atoms with Crippen molar-refractivity contribution in [2.24, 2.45) is 0 Å². The molecule has 37 heavy (non-hydrogen) atoms. The van der Waals surface area contributed by atoms with Gasteiger partial charge in [-0.1, -0.05) is 67.4 Å². The van der Waals surface area contributed by atoms with Crippen LogP contribution in [0, 0.1) is 0 Å². The summed E-state index contributed by atoms with van der Waals surface area (Å²) in [6.07, 6.45) is 4.18. The van der Waals surface area contributed by atoms with Crippen LogP contribution in [0.25, 0.3) is 11.4 Å². The highest BCUT2D eigenvalue weighted by Crippen LogP contribution is 2.35. The Kier molecular flexibility index (Phi) is 7.68. The number of phenols is 1. The van der Waals surface area contributed by atoms with Crippen LogP contribution < -0.4 is 9.47 Å². The molecule has 1 unspecified atom stereocenters. The van der Waals surface area contributed by atoms with E-state index in [0.717, 1.165) is 59.1 Å². The molecule has 0 spiro atoms. The number of aromatic hydroxyl groups is 1. The number of benzene rings is 3. The van der Waals surface area contributed by atoms with Crippen LogP contribution in [0.2, 0.25) is 5.02 Å². The molecule has 0 amide bonds. The van der Waals surface area contributed by atoms with Gasteiger partial charge in [-0.05, 0) is 48.7 Å². The monoisotopic (exact) mass is 517 g/mol. The molecule has 2 heterocycles. The molecule has 1 atom stereocenters. The van der Waals surface area contributed by atoms with Crippen molar-refractivity contribution in [1.29, 1.82) is 0 Å². The minimum atomic E-state index is 0.0390. The highest BCUT2D eigenvalue weighted by Gasteiger charge is 2.24. The Hall–Kier alpha value is -3.48. The molecular weight excluding hydrogens is 486 g/mol. The molecular formula is C30H32ClN3O3. The van der Waals surface area contributed by atoms with E-state index in [2.05, 4.69) is 53.6 Å². The lowest BCUT2D eigenvalue weighted by Gasteiger charge is -2.31. The Morgan fingerprint density at radius 2 is 1.84 bits per heavy atom. The maximum absolute atomic E-state index is 9.88. The number of unbranched alkanes of at least 4 members (excludes halogenated alkanes) is 1. The highest BCUT2D eigenvalue weighted by molar-refractivity contribution is 6.31. The van der Waals surface area contributed by atoms with Crippen molar-refractivity contribution in [3.05, 3.63) is 94.8 Å². The van der Waals surface area contributed by atoms with Gasteiger partial charge in [-0.15, -0.1) is 0 Å². The summed E-state index contributed by atoms with van der Waals surface area (Å²) >= 11 is 6.55. The zero-order chi connectivity index (χ0) is 25.8. The molecule has 6 nitrogen and oxygen atoms in total. The standard InChI is InChI=1S/C30H32ClN3O3/c1-3-4-14-34-27(17-32-30(34)23-8-6-5-7-9-23)21(2)33(19-24-11-12-25(35)16-26(24)31)18-22-10-13-28-29(15-22)37-20-36-28/h5-13,15-17,21,35H,3-4,14,18-20H2,1-2H3. The SMILES string of the molecule is CCCCn1c(C(C)N(Cc2ccc3c(c2)OCO3)Cc2ccc(O)cc2Cl)cnc1-c1ccccc1. The van der Waals surface area contributed by atoms with Crippen LogP contribution in [0.5, 0.6) is 17.2 Å². The van der Waals surface area contributed by atoms with Crippen LogP contribution in [0.3, 0.4) is 0 Å². The van der Waals surface area contributed by atoms with E-state index in [4.69, 9.17) is 26.1 Å². The van der Waals surface area contributed by atoms with Crippen LogP contribution in [-0.2, 0) is 19.6 Å². The van der Waals surface area contributed by atoms with Gasteiger partial charge in [0.25, 0.3) is 0 Å². The number of hydrogen-bond donors (Lipinski definition) is 1. The Labute approximate surface area is 223 Å². The smallest absolute Gasteiger partial charge is 0.231 e. The number of phenolic OH excluding ortho intramolecular Hbond substituents is 1. The third kappa shape index (κ3) is 5.60. The summed E-state index contributed by atoms with van der Waals surface area (Å²) in [5.41, 5.74) is 4.34. The normalized spacial score (nSPS) is 13.3. The predicted molar refractivity (Wildman–Crippen MR) is 146 cm³/mol. The summed E-state index contributed by atoms with van der Waals surface area (Å²) in [7, 11) is 0. The van der Waals surface area contributed by atoms with Crippen LogP contribution in [0.15, 0.2) is 72.9 Å². The molecule has 1 aromatic heterocycles. The number of halogens is 1. The van der Waals surface area contributed by atoms with Crippen LogP contribution >= 0.6 is 11.6 Å². The van der Waals surface area contributed by atoms with Crippen molar-refractivity contribution in [1.82, 2.24) is 14.5 Å². The lowest BCUT2D eigenvalue weighted by molar-refractivity contribution is 0.173. The van der Waals surface area contributed by atoms with E-state index in [-0.39, 0.29) is 18.6 Å². The van der Waals surface area contributed by atoms with Crippen LogP contribution in [0.1, 0.15) is 49.6 Å². The average molecular weight is 518 g/mol. The van der Waals surface area contributed by atoms with Gasteiger partial charge in [0.05, 0.1) is 11.9 Å². The summed E-state index contributed by atoms with van der Waals surface area (Å²) < 4.78 is 13.5. The summed E-state index contributed by atoms with van der Waals surface area (Å²) in [4.78, 5) is 7.25. The number of aromatic nitrogens is 2. The molecule has 1 N–H and O–H groups in total. The maximum Gasteiger partial charge on any atom is 0.231 e. The van der Waals surface area contributed by atoms with Gasteiger partial charge < -0.3 is 19.1 Å². The first-order valence-electron chi connectivity index (χ1n) is 12.7. The van der Waals surface area contributed by atoms with Crippen molar-refractivity contribution in [3.63, 3.8) is 0 Å². The molecule has 7 heteroatoms. The molecule has 0 fully saturated rings. The molecule has 4 aromatic rings. The summed E-state index contributed by atoms with van der Waals surface area (Å²) in [5.74, 6) is 2.69. The van der Waals surface area contributed by atoms with Crippen molar-refractivity contribution < 1.29 is 14.6 Å². The molecule has 0 saturated heterocycles. The quantitative estimate of drug-likeness (QED) is 0.241. The van der Waals surface area contributed by atoms with E-state index in [9.17, 15) is 5.11 Å². The Balaban J connectivity index is 1.51. The molecule has 5 rings (SSSR count). The predicted octanol–water partition coefficient (Wildman–Crippen LogP) is 7.20. The Morgan fingerprint density at radius 3 is 2.62 bits per heavy atom. The van der Waals surface area contributed by atoms with Gasteiger partial charge in [-0.2, -0.15) is 0 Å².